The van der Waals surface area contributed by atoms with Gasteiger partial charge in [-0.3, -0.25) is 0 Å². The van der Waals surface area contributed by atoms with Crippen molar-refractivity contribution in [2.24, 2.45) is 11.8 Å². The molecule has 0 unspecified atom stereocenters. The number of hydrogen-bond donors (Lipinski definition) is 3. The lowest BCUT2D eigenvalue weighted by Gasteiger charge is -2.31. The topological polar surface area (TPSA) is 133 Å². The molecule has 0 radical (unpaired) electrons. The van der Waals surface area contributed by atoms with Crippen molar-refractivity contribution in [1.29, 1.82) is 0 Å². The minimum absolute atomic E-state index is 0.0884. The molecule has 5 rings (SSSR count). The van der Waals surface area contributed by atoms with Gasteiger partial charge in [-0.2, -0.15) is 9.97 Å². The van der Waals surface area contributed by atoms with E-state index in [0.717, 1.165) is 32.4 Å². The largest absolute Gasteiger partial charge is 0.476 e. The molecule has 2 fully saturated rings. The number of aliphatic hydroxyl groups is 1. The van der Waals surface area contributed by atoms with Crippen molar-refractivity contribution in [3.05, 3.63) is 30.6 Å². The van der Waals surface area contributed by atoms with Gasteiger partial charge in [0, 0.05) is 18.8 Å². The summed E-state index contributed by atoms with van der Waals surface area (Å²) >= 11 is 0. The monoisotopic (exact) mass is 542 g/mol. The molecule has 1 aliphatic heterocycles. The van der Waals surface area contributed by atoms with Gasteiger partial charge in [0.15, 0.2) is 15.5 Å². The SMILES string of the molecule is O=S(=O)(CCN1CCC(CCO)CC1)c1ccc(Nc2nc(OCC3CCCCC3)c3[nH]cnc3n2)cc1. The van der Waals surface area contributed by atoms with Crippen molar-refractivity contribution >= 4 is 32.6 Å². The number of piperidine rings is 1. The van der Waals surface area contributed by atoms with Crippen LogP contribution in [0.15, 0.2) is 35.5 Å². The number of fused-ring (bicyclic) bond motifs is 1. The predicted molar refractivity (Wildman–Crippen MR) is 146 cm³/mol. The molecule has 10 nitrogen and oxygen atoms in total. The second-order valence-electron chi connectivity index (χ2n) is 10.5. The minimum atomic E-state index is -3.39. The number of hydrogen-bond acceptors (Lipinski definition) is 9. The number of imidazole rings is 1. The van der Waals surface area contributed by atoms with Crippen molar-refractivity contribution in [1.82, 2.24) is 24.8 Å². The van der Waals surface area contributed by atoms with Gasteiger partial charge in [0.25, 0.3) is 0 Å². The van der Waals surface area contributed by atoms with Crippen LogP contribution in [0.3, 0.4) is 0 Å². The first-order valence-corrected chi connectivity index (χ1v) is 15.4. The molecule has 2 aliphatic rings. The Balaban J connectivity index is 1.19. The summed E-state index contributed by atoms with van der Waals surface area (Å²) in [6.07, 6.45) is 10.6. The third-order valence-electron chi connectivity index (χ3n) is 7.82. The Morgan fingerprint density at radius 2 is 1.79 bits per heavy atom. The molecule has 3 heterocycles. The molecule has 1 saturated heterocycles. The molecule has 0 bridgehead atoms. The number of anilines is 2. The lowest BCUT2D eigenvalue weighted by Crippen LogP contribution is -2.37. The van der Waals surface area contributed by atoms with Crippen LogP contribution in [0.1, 0.15) is 51.4 Å². The first kappa shape index (κ1) is 26.8. The quantitative estimate of drug-likeness (QED) is 0.330. The molecular formula is C27H38N6O4S. The summed E-state index contributed by atoms with van der Waals surface area (Å²) in [4.78, 5) is 18.9. The number of benzene rings is 1. The zero-order chi connectivity index (χ0) is 26.4. The number of likely N-dealkylation sites (tertiary alicyclic amines) is 1. The zero-order valence-corrected chi connectivity index (χ0v) is 22.6. The Kier molecular flexibility index (Phi) is 8.75. The fourth-order valence-corrected chi connectivity index (χ4v) is 6.73. The van der Waals surface area contributed by atoms with E-state index in [0.29, 0.717) is 58.6 Å². The van der Waals surface area contributed by atoms with Crippen LogP contribution in [-0.4, -0.2) is 77.0 Å². The Bertz CT molecular complexity index is 1280. The molecule has 1 aromatic carbocycles. The summed E-state index contributed by atoms with van der Waals surface area (Å²) in [5, 5.41) is 12.3. The fraction of sp³-hybridized carbons (Fsp3) is 0.593. The van der Waals surface area contributed by atoms with Crippen molar-refractivity contribution in [2.75, 3.05) is 43.9 Å². The van der Waals surface area contributed by atoms with E-state index < -0.39 is 9.84 Å². The fourth-order valence-electron chi connectivity index (χ4n) is 5.44. The number of aromatic amines is 1. The van der Waals surface area contributed by atoms with Crippen LogP contribution in [0, 0.1) is 11.8 Å². The molecule has 11 heteroatoms. The van der Waals surface area contributed by atoms with Gasteiger partial charge in [0.1, 0.15) is 5.52 Å². The maximum absolute atomic E-state index is 12.9. The van der Waals surface area contributed by atoms with E-state index >= 15 is 0 Å². The van der Waals surface area contributed by atoms with Gasteiger partial charge in [-0.15, -0.1) is 0 Å². The van der Waals surface area contributed by atoms with Crippen LogP contribution in [0.4, 0.5) is 11.6 Å². The normalized spacial score (nSPS) is 18.1. The molecule has 206 valence electrons. The number of aliphatic hydroxyl groups excluding tert-OH is 1. The van der Waals surface area contributed by atoms with Gasteiger partial charge in [-0.25, -0.2) is 13.4 Å². The van der Waals surface area contributed by atoms with E-state index in [-0.39, 0.29) is 12.4 Å². The summed E-state index contributed by atoms with van der Waals surface area (Å²) in [6.45, 7) is 3.14. The number of H-pyrrole nitrogens is 1. The average molecular weight is 543 g/mol. The number of rotatable bonds is 11. The van der Waals surface area contributed by atoms with Crippen molar-refractivity contribution in [3.63, 3.8) is 0 Å². The minimum Gasteiger partial charge on any atom is -0.476 e. The Labute approximate surface area is 224 Å². The van der Waals surface area contributed by atoms with E-state index in [1.165, 1.54) is 32.1 Å². The van der Waals surface area contributed by atoms with Gasteiger partial charge in [0.2, 0.25) is 11.8 Å². The highest BCUT2D eigenvalue weighted by atomic mass is 32.2. The van der Waals surface area contributed by atoms with Crippen LogP contribution in [-0.2, 0) is 9.84 Å². The first-order valence-electron chi connectivity index (χ1n) is 13.8. The highest BCUT2D eigenvalue weighted by molar-refractivity contribution is 7.91. The van der Waals surface area contributed by atoms with E-state index in [9.17, 15) is 8.42 Å². The van der Waals surface area contributed by atoms with Gasteiger partial charge in [0.05, 0.1) is 23.6 Å². The van der Waals surface area contributed by atoms with Crippen LogP contribution in [0.5, 0.6) is 5.88 Å². The van der Waals surface area contributed by atoms with Gasteiger partial charge in [-0.05, 0) is 81.3 Å². The Morgan fingerprint density at radius 1 is 1.03 bits per heavy atom. The van der Waals surface area contributed by atoms with Crippen molar-refractivity contribution in [3.8, 4) is 5.88 Å². The lowest BCUT2D eigenvalue weighted by atomic mass is 9.90. The van der Waals surface area contributed by atoms with Crippen LogP contribution < -0.4 is 10.1 Å². The summed E-state index contributed by atoms with van der Waals surface area (Å²) in [7, 11) is -3.39. The third kappa shape index (κ3) is 6.81. The second-order valence-corrected chi connectivity index (χ2v) is 12.6. The molecule has 1 saturated carbocycles. The van der Waals surface area contributed by atoms with Gasteiger partial charge < -0.3 is 25.0 Å². The van der Waals surface area contributed by atoms with Crippen LogP contribution >= 0.6 is 0 Å². The lowest BCUT2D eigenvalue weighted by molar-refractivity contribution is 0.164. The molecule has 0 amide bonds. The number of sulfone groups is 1. The first-order chi connectivity index (χ1) is 18.5. The molecule has 0 atom stereocenters. The molecule has 2 aromatic heterocycles. The molecule has 0 spiro atoms. The maximum atomic E-state index is 12.9. The third-order valence-corrected chi connectivity index (χ3v) is 9.53. The van der Waals surface area contributed by atoms with E-state index in [1.54, 1.807) is 30.6 Å². The standard InChI is InChI=1S/C27H38N6O4S/c34-16-12-20-10-13-33(14-11-20)15-17-38(35,36)23-8-6-22(7-9-23)30-27-31-25-24(28-19-29-25)26(32-27)37-18-21-4-2-1-3-5-21/h6-9,19-21,34H,1-5,10-18H2,(H2,28,29,30,31,32). The van der Waals surface area contributed by atoms with E-state index in [4.69, 9.17) is 9.84 Å². The smallest absolute Gasteiger partial charge is 0.245 e. The number of ether oxygens (including phenoxy) is 1. The average Bonchev–Trinajstić information content (AvgIpc) is 3.41. The summed E-state index contributed by atoms with van der Waals surface area (Å²) in [5.74, 6) is 2.00. The number of nitrogens with one attached hydrogen (secondary N) is 2. The molecular weight excluding hydrogens is 504 g/mol. The van der Waals surface area contributed by atoms with Crippen molar-refractivity contribution < 1.29 is 18.3 Å². The van der Waals surface area contributed by atoms with Gasteiger partial charge >= 0.3 is 0 Å². The van der Waals surface area contributed by atoms with E-state index in [2.05, 4.69) is 30.2 Å². The molecule has 3 aromatic rings. The molecule has 1 aliphatic carbocycles. The highest BCUT2D eigenvalue weighted by Gasteiger charge is 2.22. The summed E-state index contributed by atoms with van der Waals surface area (Å²) < 4.78 is 32.0. The molecule has 3 N–H and O–H groups in total. The summed E-state index contributed by atoms with van der Waals surface area (Å²) in [6, 6.07) is 6.71. The maximum Gasteiger partial charge on any atom is 0.245 e. The zero-order valence-electron chi connectivity index (χ0n) is 21.8. The van der Waals surface area contributed by atoms with Crippen LogP contribution in [0.25, 0.3) is 11.2 Å². The van der Waals surface area contributed by atoms with Gasteiger partial charge in [-0.1, -0.05) is 19.3 Å². The van der Waals surface area contributed by atoms with Crippen molar-refractivity contribution in [2.45, 2.75) is 56.3 Å². The Morgan fingerprint density at radius 3 is 2.53 bits per heavy atom. The van der Waals surface area contributed by atoms with E-state index in [1.807, 2.05) is 0 Å². The summed E-state index contributed by atoms with van der Waals surface area (Å²) in [5.41, 5.74) is 1.87. The number of aromatic nitrogens is 4. The molecule has 38 heavy (non-hydrogen) atoms. The second kappa shape index (κ2) is 12.4. The highest BCUT2D eigenvalue weighted by Crippen LogP contribution is 2.28. The number of nitrogens with zero attached hydrogens (tertiary/aromatic N) is 4. The van der Waals surface area contributed by atoms with Crippen LogP contribution in [0.2, 0.25) is 0 Å². The predicted octanol–water partition coefficient (Wildman–Crippen LogP) is 3.92. The Hall–Kier alpha value is -2.76.